The first-order valence-corrected chi connectivity index (χ1v) is 5.76. The van der Waals surface area contributed by atoms with Crippen molar-refractivity contribution in [2.24, 2.45) is 0 Å². The SMILES string of the molecule is Cc1c(Cl)cccc1NCc1nccn1C(F)F. The molecule has 0 fully saturated rings. The Bertz CT molecular complexity index is 540. The van der Waals surface area contributed by atoms with Gasteiger partial charge in [0.2, 0.25) is 0 Å². The highest BCUT2D eigenvalue weighted by Gasteiger charge is 2.11. The van der Waals surface area contributed by atoms with E-state index in [0.717, 1.165) is 15.8 Å². The summed E-state index contributed by atoms with van der Waals surface area (Å²) in [5, 5.41) is 3.69. The molecule has 96 valence electrons. The van der Waals surface area contributed by atoms with Crippen molar-refractivity contribution < 1.29 is 8.78 Å². The van der Waals surface area contributed by atoms with Crippen LogP contribution in [0, 0.1) is 6.92 Å². The Hall–Kier alpha value is -1.62. The second-order valence-corrected chi connectivity index (χ2v) is 4.20. The minimum absolute atomic E-state index is 0.221. The minimum Gasteiger partial charge on any atom is -0.378 e. The molecule has 2 rings (SSSR count). The lowest BCUT2D eigenvalue weighted by molar-refractivity contribution is 0.0673. The molecule has 0 saturated carbocycles. The standard InChI is InChI=1S/C12H12ClF2N3/c1-8-9(13)3-2-4-10(8)17-7-11-16-5-6-18(11)12(14)15/h2-6,12,17H,7H2,1H3. The first-order chi connectivity index (χ1) is 8.59. The van der Waals surface area contributed by atoms with Gasteiger partial charge in [-0.3, -0.25) is 4.57 Å². The van der Waals surface area contributed by atoms with E-state index in [1.165, 1.54) is 12.4 Å². The second-order valence-electron chi connectivity index (χ2n) is 3.79. The van der Waals surface area contributed by atoms with Gasteiger partial charge in [0.05, 0.1) is 6.54 Å². The van der Waals surface area contributed by atoms with E-state index in [0.29, 0.717) is 5.02 Å². The molecule has 0 atom stereocenters. The van der Waals surface area contributed by atoms with Crippen molar-refractivity contribution in [2.75, 3.05) is 5.32 Å². The molecule has 0 aliphatic heterocycles. The van der Waals surface area contributed by atoms with Crippen molar-refractivity contribution >= 4 is 17.3 Å². The number of hydrogen-bond donors (Lipinski definition) is 1. The number of rotatable bonds is 4. The molecule has 0 amide bonds. The molecule has 0 aliphatic carbocycles. The normalized spacial score (nSPS) is 10.9. The molecule has 1 aromatic heterocycles. The highest BCUT2D eigenvalue weighted by molar-refractivity contribution is 6.31. The van der Waals surface area contributed by atoms with E-state index in [-0.39, 0.29) is 12.4 Å². The molecular weight excluding hydrogens is 260 g/mol. The summed E-state index contributed by atoms with van der Waals surface area (Å²) in [5.74, 6) is 0.282. The van der Waals surface area contributed by atoms with Gasteiger partial charge in [-0.05, 0) is 24.6 Å². The quantitative estimate of drug-likeness (QED) is 0.915. The van der Waals surface area contributed by atoms with Crippen molar-refractivity contribution in [3.05, 3.63) is 47.0 Å². The van der Waals surface area contributed by atoms with Gasteiger partial charge >= 0.3 is 6.55 Å². The fourth-order valence-corrected chi connectivity index (χ4v) is 1.81. The number of aromatic nitrogens is 2. The number of nitrogens with one attached hydrogen (secondary N) is 1. The van der Waals surface area contributed by atoms with Gasteiger partial charge in [-0.1, -0.05) is 17.7 Å². The number of benzene rings is 1. The summed E-state index contributed by atoms with van der Waals surface area (Å²) >= 11 is 5.98. The topological polar surface area (TPSA) is 29.9 Å². The zero-order valence-corrected chi connectivity index (χ0v) is 10.5. The van der Waals surface area contributed by atoms with Gasteiger partial charge in [-0.2, -0.15) is 8.78 Å². The molecule has 0 spiro atoms. The van der Waals surface area contributed by atoms with E-state index in [9.17, 15) is 8.78 Å². The zero-order valence-electron chi connectivity index (χ0n) is 9.70. The van der Waals surface area contributed by atoms with Crippen LogP contribution < -0.4 is 5.32 Å². The molecule has 0 bridgehead atoms. The second kappa shape index (κ2) is 5.35. The van der Waals surface area contributed by atoms with Gasteiger partial charge in [-0.25, -0.2) is 4.98 Å². The highest BCUT2D eigenvalue weighted by atomic mass is 35.5. The summed E-state index contributed by atoms with van der Waals surface area (Å²) in [7, 11) is 0. The Morgan fingerprint density at radius 2 is 2.22 bits per heavy atom. The molecule has 1 N–H and O–H groups in total. The molecule has 6 heteroatoms. The predicted molar refractivity (Wildman–Crippen MR) is 67.0 cm³/mol. The minimum atomic E-state index is -2.58. The van der Waals surface area contributed by atoms with Gasteiger partial charge in [0.25, 0.3) is 0 Å². The zero-order chi connectivity index (χ0) is 13.1. The average Bonchev–Trinajstić information content (AvgIpc) is 2.79. The third-order valence-electron chi connectivity index (χ3n) is 2.66. The van der Waals surface area contributed by atoms with Crippen LogP contribution in [-0.2, 0) is 6.54 Å². The number of imidazole rings is 1. The van der Waals surface area contributed by atoms with Crippen LogP contribution in [0.25, 0.3) is 0 Å². The third kappa shape index (κ3) is 2.61. The number of hydrogen-bond acceptors (Lipinski definition) is 2. The van der Waals surface area contributed by atoms with Crippen molar-refractivity contribution in [3.8, 4) is 0 Å². The van der Waals surface area contributed by atoms with Crippen molar-refractivity contribution in [3.63, 3.8) is 0 Å². The molecule has 1 heterocycles. The van der Waals surface area contributed by atoms with E-state index < -0.39 is 6.55 Å². The molecule has 0 radical (unpaired) electrons. The summed E-state index contributed by atoms with van der Waals surface area (Å²) in [5.41, 5.74) is 1.70. The summed E-state index contributed by atoms with van der Waals surface area (Å²) < 4.78 is 26.0. The summed E-state index contributed by atoms with van der Waals surface area (Å²) in [6.07, 6.45) is 2.61. The van der Waals surface area contributed by atoms with Crippen molar-refractivity contribution in [2.45, 2.75) is 20.0 Å². The van der Waals surface area contributed by atoms with E-state index in [1.807, 2.05) is 13.0 Å². The van der Waals surface area contributed by atoms with Crippen molar-refractivity contribution in [1.29, 1.82) is 0 Å². The van der Waals surface area contributed by atoms with Crippen LogP contribution in [-0.4, -0.2) is 9.55 Å². The molecule has 0 aliphatic rings. The van der Waals surface area contributed by atoms with E-state index in [1.54, 1.807) is 12.1 Å². The molecular formula is C12H12ClF2N3. The van der Waals surface area contributed by atoms with Gasteiger partial charge < -0.3 is 5.32 Å². The van der Waals surface area contributed by atoms with Crippen LogP contribution >= 0.6 is 11.6 Å². The van der Waals surface area contributed by atoms with Crippen LogP contribution in [0.2, 0.25) is 5.02 Å². The number of halogens is 3. The Kier molecular flexibility index (Phi) is 3.81. The Balaban J connectivity index is 2.12. The molecule has 0 saturated heterocycles. The summed E-state index contributed by atoms with van der Waals surface area (Å²) in [4.78, 5) is 3.89. The maximum atomic E-state index is 12.6. The van der Waals surface area contributed by atoms with Gasteiger partial charge in [0, 0.05) is 23.1 Å². The summed E-state index contributed by atoms with van der Waals surface area (Å²) in [6, 6.07) is 5.43. The molecule has 1 aromatic carbocycles. The predicted octanol–water partition coefficient (Wildman–Crippen LogP) is 3.85. The molecule has 2 aromatic rings. The monoisotopic (exact) mass is 271 g/mol. The fraction of sp³-hybridized carbons (Fsp3) is 0.250. The lowest BCUT2D eigenvalue weighted by Crippen LogP contribution is -2.09. The Morgan fingerprint density at radius 3 is 2.94 bits per heavy atom. The van der Waals surface area contributed by atoms with Crippen LogP contribution in [0.1, 0.15) is 17.9 Å². The van der Waals surface area contributed by atoms with E-state index in [4.69, 9.17) is 11.6 Å². The number of anilines is 1. The maximum absolute atomic E-state index is 12.6. The lowest BCUT2D eigenvalue weighted by atomic mass is 10.2. The average molecular weight is 272 g/mol. The largest absolute Gasteiger partial charge is 0.378 e. The smallest absolute Gasteiger partial charge is 0.319 e. The third-order valence-corrected chi connectivity index (χ3v) is 3.07. The van der Waals surface area contributed by atoms with Crippen LogP contribution in [0.15, 0.2) is 30.6 Å². The Labute approximate surface area is 108 Å². The highest BCUT2D eigenvalue weighted by Crippen LogP contribution is 2.23. The van der Waals surface area contributed by atoms with Crippen LogP contribution in [0.3, 0.4) is 0 Å². The fourth-order valence-electron chi connectivity index (χ4n) is 1.63. The van der Waals surface area contributed by atoms with Gasteiger partial charge in [-0.15, -0.1) is 0 Å². The van der Waals surface area contributed by atoms with Gasteiger partial charge in [0.1, 0.15) is 5.82 Å². The molecule has 18 heavy (non-hydrogen) atoms. The first-order valence-electron chi connectivity index (χ1n) is 5.38. The van der Waals surface area contributed by atoms with Crippen LogP contribution in [0.5, 0.6) is 0 Å². The number of nitrogens with zero attached hydrogens (tertiary/aromatic N) is 2. The molecule has 3 nitrogen and oxygen atoms in total. The Morgan fingerprint density at radius 1 is 1.44 bits per heavy atom. The summed E-state index contributed by atoms with van der Waals surface area (Å²) in [6.45, 7) is -0.493. The van der Waals surface area contributed by atoms with Gasteiger partial charge in [0.15, 0.2) is 0 Å². The van der Waals surface area contributed by atoms with Crippen LogP contribution in [0.4, 0.5) is 14.5 Å². The number of alkyl halides is 2. The maximum Gasteiger partial charge on any atom is 0.319 e. The lowest BCUT2D eigenvalue weighted by Gasteiger charge is -2.11. The van der Waals surface area contributed by atoms with Crippen molar-refractivity contribution in [1.82, 2.24) is 9.55 Å². The van der Waals surface area contributed by atoms with E-state index >= 15 is 0 Å². The first kappa shape index (κ1) is 12.8. The van der Waals surface area contributed by atoms with E-state index in [2.05, 4.69) is 10.3 Å². The molecule has 0 unspecified atom stereocenters.